The number of fused-ring (bicyclic) bond motifs is 1. The Morgan fingerprint density at radius 1 is 1.30 bits per heavy atom. The average molecular weight is 375 g/mol. The molecule has 2 atom stereocenters. The number of ether oxygens (including phenoxy) is 1. The number of amides is 1. The topological polar surface area (TPSA) is 106 Å². The zero-order valence-electron chi connectivity index (χ0n) is 16.0. The normalized spacial score (nSPS) is 13.2. The van der Waals surface area contributed by atoms with Crippen LogP contribution in [0.2, 0.25) is 0 Å². The number of carbonyl (C=O) groups is 2. The number of aryl methyl sites for hydroxylation is 2. The van der Waals surface area contributed by atoms with Crippen LogP contribution in [0.5, 0.6) is 5.75 Å². The minimum atomic E-state index is -1.08. The number of carboxylic acid groups (broad SMARTS) is 1. The maximum atomic E-state index is 12.3. The van der Waals surface area contributed by atoms with Crippen molar-refractivity contribution in [2.75, 3.05) is 0 Å². The summed E-state index contributed by atoms with van der Waals surface area (Å²) >= 11 is 0. The minimum Gasteiger partial charge on any atom is -0.480 e. The summed E-state index contributed by atoms with van der Waals surface area (Å²) in [6, 6.07) is 4.04. The molecule has 27 heavy (non-hydrogen) atoms. The van der Waals surface area contributed by atoms with Crippen molar-refractivity contribution < 1.29 is 23.8 Å². The van der Waals surface area contributed by atoms with Crippen LogP contribution in [-0.2, 0) is 16.0 Å². The second kappa shape index (κ2) is 8.70. The first kappa shape index (κ1) is 20.5. The van der Waals surface area contributed by atoms with Crippen molar-refractivity contribution in [2.24, 2.45) is 0 Å². The van der Waals surface area contributed by atoms with Gasteiger partial charge in [0.05, 0.1) is 0 Å². The molecule has 7 nitrogen and oxygen atoms in total. The Labute approximate surface area is 157 Å². The summed E-state index contributed by atoms with van der Waals surface area (Å²) in [6.45, 7) is 7.10. The number of hydrogen-bond acceptors (Lipinski definition) is 5. The molecule has 0 saturated carbocycles. The van der Waals surface area contributed by atoms with Crippen molar-refractivity contribution in [2.45, 2.75) is 59.1 Å². The molecule has 2 N–H and O–H groups in total. The van der Waals surface area contributed by atoms with E-state index in [-0.39, 0.29) is 0 Å². The second-order valence-corrected chi connectivity index (χ2v) is 6.46. The van der Waals surface area contributed by atoms with Gasteiger partial charge in [0.15, 0.2) is 6.10 Å². The molecule has 0 spiro atoms. The summed E-state index contributed by atoms with van der Waals surface area (Å²) in [6.07, 6.45) is 0.762. The van der Waals surface area contributed by atoms with Crippen LogP contribution in [0.4, 0.5) is 0 Å². The van der Waals surface area contributed by atoms with Gasteiger partial charge in [0.1, 0.15) is 17.4 Å². The van der Waals surface area contributed by atoms with Crippen molar-refractivity contribution in [3.63, 3.8) is 0 Å². The number of rotatable bonds is 8. The molecule has 0 aliphatic rings. The molecule has 1 aromatic heterocycles. The zero-order chi connectivity index (χ0) is 20.1. The summed E-state index contributed by atoms with van der Waals surface area (Å²) in [4.78, 5) is 35.3. The SMILES string of the molecule is CCC[C@@H](NC(=O)[C@H](C)Oc1ccc2c(CC)cc(=O)oc2c1C)C(=O)O. The number of carboxylic acids is 1. The fourth-order valence-corrected chi connectivity index (χ4v) is 2.91. The Kier molecular flexibility index (Phi) is 6.60. The number of nitrogens with one attached hydrogen (secondary N) is 1. The van der Waals surface area contributed by atoms with Gasteiger partial charge in [-0.25, -0.2) is 9.59 Å². The monoisotopic (exact) mass is 375 g/mol. The molecule has 0 radical (unpaired) electrons. The van der Waals surface area contributed by atoms with Gasteiger partial charge in [0, 0.05) is 17.0 Å². The molecule has 2 rings (SSSR count). The van der Waals surface area contributed by atoms with Gasteiger partial charge in [-0.05, 0) is 44.4 Å². The van der Waals surface area contributed by atoms with E-state index in [0.717, 1.165) is 10.9 Å². The van der Waals surface area contributed by atoms with Crippen molar-refractivity contribution >= 4 is 22.8 Å². The van der Waals surface area contributed by atoms with Crippen molar-refractivity contribution in [3.8, 4) is 5.75 Å². The van der Waals surface area contributed by atoms with Crippen LogP contribution >= 0.6 is 0 Å². The molecule has 7 heteroatoms. The molecular weight excluding hydrogens is 350 g/mol. The third-order valence-corrected chi connectivity index (χ3v) is 4.44. The molecule has 0 bridgehead atoms. The van der Waals surface area contributed by atoms with Gasteiger partial charge in [0.25, 0.3) is 5.91 Å². The quantitative estimate of drug-likeness (QED) is 0.687. The molecule has 2 aromatic rings. The van der Waals surface area contributed by atoms with E-state index in [1.165, 1.54) is 6.07 Å². The minimum absolute atomic E-state index is 0.341. The fraction of sp³-hybridized carbons (Fsp3) is 0.450. The highest BCUT2D eigenvalue weighted by Crippen LogP contribution is 2.29. The summed E-state index contributed by atoms with van der Waals surface area (Å²) in [7, 11) is 0. The van der Waals surface area contributed by atoms with E-state index < -0.39 is 29.6 Å². The summed E-state index contributed by atoms with van der Waals surface area (Å²) < 4.78 is 11.1. The predicted molar refractivity (Wildman–Crippen MR) is 101 cm³/mol. The molecule has 1 heterocycles. The Morgan fingerprint density at radius 3 is 2.59 bits per heavy atom. The summed E-state index contributed by atoms with van der Waals surface area (Å²) in [5, 5.41) is 12.5. The first-order valence-corrected chi connectivity index (χ1v) is 9.04. The van der Waals surface area contributed by atoms with Gasteiger partial charge in [-0.2, -0.15) is 0 Å². The lowest BCUT2D eigenvalue weighted by Crippen LogP contribution is -2.46. The molecule has 1 aromatic carbocycles. The Hall–Kier alpha value is -2.83. The number of carbonyl (C=O) groups excluding carboxylic acids is 1. The van der Waals surface area contributed by atoms with E-state index in [0.29, 0.717) is 36.2 Å². The van der Waals surface area contributed by atoms with Crippen LogP contribution in [0.25, 0.3) is 11.0 Å². The maximum absolute atomic E-state index is 12.3. The molecule has 1 amide bonds. The first-order valence-electron chi connectivity index (χ1n) is 9.04. The van der Waals surface area contributed by atoms with Crippen molar-refractivity contribution in [1.82, 2.24) is 5.32 Å². The summed E-state index contributed by atoms with van der Waals surface area (Å²) in [5.74, 6) is -1.18. The lowest BCUT2D eigenvalue weighted by molar-refractivity contribution is -0.143. The smallest absolute Gasteiger partial charge is 0.336 e. The molecular formula is C20H25NO6. The van der Waals surface area contributed by atoms with Gasteiger partial charge >= 0.3 is 11.6 Å². The van der Waals surface area contributed by atoms with E-state index >= 15 is 0 Å². The third kappa shape index (κ3) is 4.67. The lowest BCUT2D eigenvalue weighted by Gasteiger charge is -2.19. The van der Waals surface area contributed by atoms with Gasteiger partial charge in [0.2, 0.25) is 0 Å². The van der Waals surface area contributed by atoms with Crippen molar-refractivity contribution in [3.05, 3.63) is 39.7 Å². The van der Waals surface area contributed by atoms with Gasteiger partial charge < -0.3 is 19.6 Å². The number of hydrogen-bond donors (Lipinski definition) is 2. The van der Waals surface area contributed by atoms with E-state index in [2.05, 4.69) is 5.32 Å². The summed E-state index contributed by atoms with van der Waals surface area (Å²) in [5.41, 5.74) is 1.49. The lowest BCUT2D eigenvalue weighted by atomic mass is 10.0. The molecule has 0 saturated heterocycles. The highest BCUT2D eigenvalue weighted by molar-refractivity contribution is 5.87. The Morgan fingerprint density at radius 2 is 2.00 bits per heavy atom. The third-order valence-electron chi connectivity index (χ3n) is 4.44. The largest absolute Gasteiger partial charge is 0.480 e. The van der Waals surface area contributed by atoms with Crippen LogP contribution in [-0.4, -0.2) is 29.1 Å². The van der Waals surface area contributed by atoms with E-state index in [1.54, 1.807) is 26.0 Å². The van der Waals surface area contributed by atoms with Gasteiger partial charge in [-0.15, -0.1) is 0 Å². The van der Waals surface area contributed by atoms with Gasteiger partial charge in [-0.1, -0.05) is 20.3 Å². The molecule has 0 unspecified atom stereocenters. The Balaban J connectivity index is 2.25. The molecule has 146 valence electrons. The van der Waals surface area contributed by atoms with Crippen LogP contribution in [0.15, 0.2) is 27.4 Å². The van der Waals surface area contributed by atoms with E-state index in [4.69, 9.17) is 14.3 Å². The van der Waals surface area contributed by atoms with E-state index in [9.17, 15) is 14.4 Å². The van der Waals surface area contributed by atoms with Crippen molar-refractivity contribution in [1.29, 1.82) is 0 Å². The van der Waals surface area contributed by atoms with E-state index in [1.807, 2.05) is 13.8 Å². The van der Waals surface area contributed by atoms with Crippen LogP contribution in [0, 0.1) is 6.92 Å². The van der Waals surface area contributed by atoms with Gasteiger partial charge in [-0.3, -0.25) is 4.79 Å². The average Bonchev–Trinajstić information content (AvgIpc) is 2.63. The zero-order valence-corrected chi connectivity index (χ0v) is 16.0. The standard InChI is InChI=1S/C20H25NO6/c1-5-7-15(20(24)25)21-19(23)12(4)26-16-9-8-14-13(6-2)10-17(22)27-18(14)11(16)3/h8-10,12,15H,5-7H2,1-4H3,(H,21,23)(H,24,25)/t12-,15+/m0/s1. The van der Waals surface area contributed by atoms with Crippen LogP contribution in [0.3, 0.4) is 0 Å². The predicted octanol–water partition coefficient (Wildman–Crippen LogP) is 2.80. The number of aliphatic carboxylic acids is 1. The first-order chi connectivity index (χ1) is 12.8. The highest BCUT2D eigenvalue weighted by Gasteiger charge is 2.24. The molecule has 0 aliphatic heterocycles. The number of benzene rings is 1. The molecule has 0 fully saturated rings. The Bertz CT molecular complexity index is 901. The van der Waals surface area contributed by atoms with Crippen LogP contribution in [0.1, 0.15) is 44.7 Å². The second-order valence-electron chi connectivity index (χ2n) is 6.46. The molecule has 0 aliphatic carbocycles. The van der Waals surface area contributed by atoms with Crippen LogP contribution < -0.4 is 15.7 Å². The highest BCUT2D eigenvalue weighted by atomic mass is 16.5. The fourth-order valence-electron chi connectivity index (χ4n) is 2.91. The maximum Gasteiger partial charge on any atom is 0.336 e.